The second kappa shape index (κ2) is 6.36. The number of Topliss-reactive ketones (excluding diaryl/α,β-unsaturated/α-hetero) is 1. The van der Waals surface area contributed by atoms with E-state index in [1.54, 1.807) is 0 Å². The molecule has 0 aliphatic heterocycles. The Morgan fingerprint density at radius 3 is 2.53 bits per heavy atom. The lowest BCUT2D eigenvalue weighted by Crippen LogP contribution is -2.06. The van der Waals surface area contributed by atoms with E-state index in [0.29, 0.717) is 13.0 Å². The quantitative estimate of drug-likeness (QED) is 0.528. The molecular formula is C13H18O2. The Hall–Kier alpha value is -1.15. The van der Waals surface area contributed by atoms with Crippen molar-refractivity contribution in [3.8, 4) is 0 Å². The number of ether oxygens (including phenoxy) is 1. The summed E-state index contributed by atoms with van der Waals surface area (Å²) in [5, 5.41) is 0. The maximum Gasteiger partial charge on any atom is 0.162 e. The van der Waals surface area contributed by atoms with Crippen LogP contribution in [-0.2, 0) is 4.74 Å². The molecule has 2 heteroatoms. The van der Waals surface area contributed by atoms with Gasteiger partial charge in [0.15, 0.2) is 5.78 Å². The highest BCUT2D eigenvalue weighted by atomic mass is 16.5. The summed E-state index contributed by atoms with van der Waals surface area (Å²) in [6.07, 6.45) is 1.61. The van der Waals surface area contributed by atoms with Crippen LogP contribution in [0.4, 0.5) is 0 Å². The van der Waals surface area contributed by atoms with Crippen LogP contribution in [0.15, 0.2) is 30.3 Å². The molecule has 0 atom stereocenters. The fraction of sp³-hybridized carbons (Fsp3) is 0.462. The normalized spacial score (nSPS) is 10.6. The summed E-state index contributed by atoms with van der Waals surface area (Å²) in [6.45, 7) is 4.66. The molecule has 0 spiro atoms. The Balaban J connectivity index is 2.25. The molecule has 0 unspecified atom stereocenters. The summed E-state index contributed by atoms with van der Waals surface area (Å²) >= 11 is 0. The molecule has 0 aromatic heterocycles. The third-order valence-corrected chi connectivity index (χ3v) is 2.10. The van der Waals surface area contributed by atoms with E-state index in [1.807, 2.05) is 44.2 Å². The van der Waals surface area contributed by atoms with Crippen molar-refractivity contribution in [2.24, 2.45) is 0 Å². The largest absolute Gasteiger partial charge is 0.379 e. The number of carbonyl (C=O) groups excluding carboxylic acids is 1. The Morgan fingerprint density at radius 2 is 1.93 bits per heavy atom. The second-order valence-corrected chi connectivity index (χ2v) is 3.81. The van der Waals surface area contributed by atoms with Crippen LogP contribution in [0.3, 0.4) is 0 Å². The number of carbonyl (C=O) groups is 1. The Labute approximate surface area is 91.3 Å². The summed E-state index contributed by atoms with van der Waals surface area (Å²) in [4.78, 5) is 11.6. The average Bonchev–Trinajstić information content (AvgIpc) is 2.25. The lowest BCUT2D eigenvalue weighted by atomic mass is 10.1. The maximum atomic E-state index is 11.6. The van der Waals surface area contributed by atoms with Crippen LogP contribution in [0.2, 0.25) is 0 Å². The minimum absolute atomic E-state index is 0.197. The van der Waals surface area contributed by atoms with E-state index in [9.17, 15) is 4.79 Å². The van der Waals surface area contributed by atoms with Gasteiger partial charge in [0.1, 0.15) is 0 Å². The van der Waals surface area contributed by atoms with Crippen LogP contribution >= 0.6 is 0 Å². The highest BCUT2D eigenvalue weighted by molar-refractivity contribution is 5.95. The second-order valence-electron chi connectivity index (χ2n) is 3.81. The van der Waals surface area contributed by atoms with Crippen molar-refractivity contribution in [1.29, 1.82) is 0 Å². The van der Waals surface area contributed by atoms with E-state index in [1.165, 1.54) is 0 Å². The monoisotopic (exact) mass is 206 g/mol. The third kappa shape index (κ3) is 4.75. The molecule has 1 rings (SSSR count). The predicted molar refractivity (Wildman–Crippen MR) is 61.1 cm³/mol. The Morgan fingerprint density at radius 1 is 1.27 bits per heavy atom. The molecule has 1 aromatic carbocycles. The first-order chi connectivity index (χ1) is 7.20. The van der Waals surface area contributed by atoms with Crippen LogP contribution < -0.4 is 0 Å². The predicted octanol–water partition coefficient (Wildman–Crippen LogP) is 3.07. The highest BCUT2D eigenvalue weighted by Crippen LogP contribution is 2.05. The number of benzene rings is 1. The van der Waals surface area contributed by atoms with Crippen LogP contribution in [0.25, 0.3) is 0 Å². The first-order valence-electron chi connectivity index (χ1n) is 5.40. The molecule has 15 heavy (non-hydrogen) atoms. The van der Waals surface area contributed by atoms with Crippen LogP contribution in [-0.4, -0.2) is 18.5 Å². The van der Waals surface area contributed by atoms with Crippen LogP contribution in [0.5, 0.6) is 0 Å². The molecule has 0 bridgehead atoms. The topological polar surface area (TPSA) is 26.3 Å². The Kier molecular flexibility index (Phi) is 5.05. The average molecular weight is 206 g/mol. The summed E-state index contributed by atoms with van der Waals surface area (Å²) < 4.78 is 5.38. The minimum Gasteiger partial charge on any atom is -0.379 e. The standard InChI is InChI=1S/C13H18O2/c1-11(2)15-10-6-9-13(14)12-7-4-3-5-8-12/h3-5,7-8,11H,6,9-10H2,1-2H3. The van der Waals surface area contributed by atoms with Gasteiger partial charge in [0.2, 0.25) is 0 Å². The van der Waals surface area contributed by atoms with Crippen LogP contribution in [0, 0.1) is 0 Å². The molecule has 0 heterocycles. The lowest BCUT2D eigenvalue weighted by molar-refractivity contribution is 0.0721. The fourth-order valence-corrected chi connectivity index (χ4v) is 1.32. The van der Waals surface area contributed by atoms with Gasteiger partial charge in [-0.15, -0.1) is 0 Å². The maximum absolute atomic E-state index is 11.6. The Bertz CT molecular complexity index is 291. The number of hydrogen-bond acceptors (Lipinski definition) is 2. The van der Waals surface area contributed by atoms with Crippen molar-refractivity contribution < 1.29 is 9.53 Å². The molecule has 2 nitrogen and oxygen atoms in total. The van der Waals surface area contributed by atoms with E-state index < -0.39 is 0 Å². The van der Waals surface area contributed by atoms with Gasteiger partial charge in [0, 0.05) is 18.6 Å². The highest BCUT2D eigenvalue weighted by Gasteiger charge is 2.04. The first-order valence-corrected chi connectivity index (χ1v) is 5.40. The van der Waals surface area contributed by atoms with Gasteiger partial charge in [0.05, 0.1) is 6.10 Å². The van der Waals surface area contributed by atoms with Gasteiger partial charge in [-0.1, -0.05) is 30.3 Å². The summed E-state index contributed by atoms with van der Waals surface area (Å²) in [5.41, 5.74) is 0.794. The van der Waals surface area contributed by atoms with Crippen molar-refractivity contribution >= 4 is 5.78 Å². The van der Waals surface area contributed by atoms with Gasteiger partial charge >= 0.3 is 0 Å². The number of hydrogen-bond donors (Lipinski definition) is 0. The molecule has 0 saturated heterocycles. The van der Waals surface area contributed by atoms with E-state index in [0.717, 1.165) is 12.0 Å². The molecule has 0 radical (unpaired) electrons. The zero-order valence-corrected chi connectivity index (χ0v) is 9.40. The summed E-state index contributed by atoms with van der Waals surface area (Å²) in [5.74, 6) is 0.197. The summed E-state index contributed by atoms with van der Waals surface area (Å²) in [6, 6.07) is 9.39. The van der Waals surface area contributed by atoms with E-state index in [4.69, 9.17) is 4.74 Å². The number of rotatable bonds is 6. The molecule has 0 aliphatic rings. The van der Waals surface area contributed by atoms with Gasteiger partial charge in [-0.25, -0.2) is 0 Å². The van der Waals surface area contributed by atoms with Crippen molar-refractivity contribution in [2.75, 3.05) is 6.61 Å². The third-order valence-electron chi connectivity index (χ3n) is 2.10. The van der Waals surface area contributed by atoms with Gasteiger partial charge in [-0.3, -0.25) is 4.79 Å². The van der Waals surface area contributed by atoms with Gasteiger partial charge in [-0.05, 0) is 20.3 Å². The molecule has 0 amide bonds. The zero-order valence-electron chi connectivity index (χ0n) is 9.40. The SMILES string of the molecule is CC(C)OCCCC(=O)c1ccccc1. The van der Waals surface area contributed by atoms with Gasteiger partial charge in [-0.2, -0.15) is 0 Å². The molecule has 0 aliphatic carbocycles. The van der Waals surface area contributed by atoms with E-state index >= 15 is 0 Å². The smallest absolute Gasteiger partial charge is 0.162 e. The fourth-order valence-electron chi connectivity index (χ4n) is 1.32. The molecule has 0 N–H and O–H groups in total. The number of ketones is 1. The molecular weight excluding hydrogens is 188 g/mol. The minimum atomic E-state index is 0.197. The molecule has 0 saturated carbocycles. The zero-order chi connectivity index (χ0) is 11.1. The van der Waals surface area contributed by atoms with Crippen molar-refractivity contribution in [1.82, 2.24) is 0 Å². The van der Waals surface area contributed by atoms with E-state index in [2.05, 4.69) is 0 Å². The van der Waals surface area contributed by atoms with E-state index in [-0.39, 0.29) is 11.9 Å². The van der Waals surface area contributed by atoms with Gasteiger partial charge < -0.3 is 4.74 Å². The van der Waals surface area contributed by atoms with Gasteiger partial charge in [0.25, 0.3) is 0 Å². The molecule has 0 fully saturated rings. The van der Waals surface area contributed by atoms with Crippen molar-refractivity contribution in [3.63, 3.8) is 0 Å². The first kappa shape index (κ1) is 11.9. The van der Waals surface area contributed by atoms with Crippen LogP contribution in [0.1, 0.15) is 37.0 Å². The van der Waals surface area contributed by atoms with Crippen molar-refractivity contribution in [3.05, 3.63) is 35.9 Å². The van der Waals surface area contributed by atoms with Crippen molar-refractivity contribution in [2.45, 2.75) is 32.8 Å². The lowest BCUT2D eigenvalue weighted by Gasteiger charge is -2.06. The molecule has 82 valence electrons. The summed E-state index contributed by atoms with van der Waals surface area (Å²) in [7, 11) is 0. The molecule has 1 aromatic rings.